The zero-order valence-electron chi connectivity index (χ0n) is 11.7. The third kappa shape index (κ3) is 3.35. The van der Waals surface area contributed by atoms with E-state index in [0.717, 1.165) is 19.3 Å². The normalized spacial score (nSPS) is 22.9. The van der Waals surface area contributed by atoms with Crippen molar-refractivity contribution in [3.05, 3.63) is 22.7 Å². The minimum Gasteiger partial charge on any atom is -0.470 e. The van der Waals surface area contributed by atoms with Crippen LogP contribution in [0.2, 0.25) is 0 Å². The number of ether oxygens (including phenoxy) is 1. The maximum absolute atomic E-state index is 12.2. The smallest absolute Gasteiger partial charge is 0.313 e. The minimum atomic E-state index is -0.140. The summed E-state index contributed by atoms with van der Waals surface area (Å²) in [6, 6.07) is 0. The maximum Gasteiger partial charge on any atom is 0.313 e. The van der Waals surface area contributed by atoms with Crippen molar-refractivity contribution >= 4 is 0 Å². The second-order valence-corrected chi connectivity index (χ2v) is 5.67. The van der Waals surface area contributed by atoms with Gasteiger partial charge in [-0.1, -0.05) is 13.8 Å². The fourth-order valence-electron chi connectivity index (χ4n) is 2.62. The average Bonchev–Trinajstić information content (AvgIpc) is 2.81. The molecule has 1 aromatic rings. The summed E-state index contributed by atoms with van der Waals surface area (Å²) in [5.41, 5.74) is 5.59. The highest BCUT2D eigenvalue weighted by Crippen LogP contribution is 2.27. The van der Waals surface area contributed by atoms with E-state index >= 15 is 0 Å². The Bertz CT molecular complexity index is 470. The first-order valence-corrected chi connectivity index (χ1v) is 7.04. The standard InChI is InChI=1S/C14H23N3O2/c1-10(2)9-17-7-6-16-13(14(17)18)19-12-5-3-4-11(12)8-15/h6-7,10-12H,3-5,8-9,15H2,1-2H3. The van der Waals surface area contributed by atoms with Gasteiger partial charge in [-0.15, -0.1) is 0 Å². The summed E-state index contributed by atoms with van der Waals surface area (Å²) in [6.45, 7) is 5.45. The number of rotatable bonds is 5. The molecule has 5 nitrogen and oxygen atoms in total. The molecule has 1 aliphatic carbocycles. The summed E-state index contributed by atoms with van der Waals surface area (Å²) in [4.78, 5) is 16.3. The molecule has 1 fully saturated rings. The molecule has 5 heteroatoms. The number of nitrogens with zero attached hydrogens (tertiary/aromatic N) is 2. The predicted molar refractivity (Wildman–Crippen MR) is 74.1 cm³/mol. The molecule has 0 aliphatic heterocycles. The van der Waals surface area contributed by atoms with Crippen LogP contribution >= 0.6 is 0 Å². The second-order valence-electron chi connectivity index (χ2n) is 5.67. The van der Waals surface area contributed by atoms with Gasteiger partial charge in [0.1, 0.15) is 6.10 Å². The Hall–Kier alpha value is -1.36. The number of hydrogen-bond donors (Lipinski definition) is 1. The fourth-order valence-corrected chi connectivity index (χ4v) is 2.62. The summed E-state index contributed by atoms with van der Waals surface area (Å²) >= 11 is 0. The van der Waals surface area contributed by atoms with E-state index in [1.807, 2.05) is 0 Å². The largest absolute Gasteiger partial charge is 0.470 e. The van der Waals surface area contributed by atoms with Crippen LogP contribution in [-0.4, -0.2) is 22.2 Å². The van der Waals surface area contributed by atoms with Gasteiger partial charge < -0.3 is 15.0 Å². The summed E-state index contributed by atoms with van der Waals surface area (Å²) in [6.07, 6.45) is 6.53. The highest BCUT2D eigenvalue weighted by atomic mass is 16.5. The topological polar surface area (TPSA) is 70.1 Å². The molecule has 0 amide bonds. The molecule has 2 unspecified atom stereocenters. The number of nitrogens with two attached hydrogens (primary N) is 1. The second kappa shape index (κ2) is 6.19. The van der Waals surface area contributed by atoms with Crippen LogP contribution in [0.4, 0.5) is 0 Å². The molecule has 0 saturated heterocycles. The van der Waals surface area contributed by atoms with E-state index in [1.165, 1.54) is 0 Å². The maximum atomic E-state index is 12.2. The monoisotopic (exact) mass is 265 g/mol. The van der Waals surface area contributed by atoms with Crippen molar-refractivity contribution in [1.82, 2.24) is 9.55 Å². The Morgan fingerprint density at radius 2 is 2.32 bits per heavy atom. The Morgan fingerprint density at radius 1 is 1.53 bits per heavy atom. The summed E-state index contributed by atoms with van der Waals surface area (Å²) < 4.78 is 7.47. The van der Waals surface area contributed by atoms with Gasteiger partial charge in [0.15, 0.2) is 0 Å². The van der Waals surface area contributed by atoms with E-state index in [-0.39, 0.29) is 17.5 Å². The van der Waals surface area contributed by atoms with Crippen LogP contribution in [-0.2, 0) is 6.54 Å². The van der Waals surface area contributed by atoms with Crippen LogP contribution in [0.5, 0.6) is 5.88 Å². The Balaban J connectivity index is 2.14. The molecule has 0 radical (unpaired) electrons. The minimum absolute atomic E-state index is 0.0418. The third-order valence-electron chi connectivity index (χ3n) is 3.60. The molecule has 2 rings (SSSR count). The summed E-state index contributed by atoms with van der Waals surface area (Å²) in [5.74, 6) is 0.977. The zero-order valence-corrected chi connectivity index (χ0v) is 11.7. The highest BCUT2D eigenvalue weighted by molar-refractivity contribution is 5.06. The van der Waals surface area contributed by atoms with Crippen molar-refractivity contribution in [2.75, 3.05) is 6.54 Å². The molecule has 0 bridgehead atoms. The van der Waals surface area contributed by atoms with Crippen LogP contribution in [0.1, 0.15) is 33.1 Å². The van der Waals surface area contributed by atoms with E-state index < -0.39 is 0 Å². The first kappa shape index (κ1) is 14.1. The van der Waals surface area contributed by atoms with Gasteiger partial charge in [-0.3, -0.25) is 4.79 Å². The Morgan fingerprint density at radius 3 is 3.00 bits per heavy atom. The van der Waals surface area contributed by atoms with Crippen molar-refractivity contribution in [3.8, 4) is 5.88 Å². The van der Waals surface area contributed by atoms with Crippen molar-refractivity contribution in [2.45, 2.75) is 45.8 Å². The van der Waals surface area contributed by atoms with Crippen LogP contribution < -0.4 is 16.0 Å². The Labute approximate surface area is 113 Å². The highest BCUT2D eigenvalue weighted by Gasteiger charge is 2.29. The molecule has 0 spiro atoms. The van der Waals surface area contributed by atoms with Crippen molar-refractivity contribution in [1.29, 1.82) is 0 Å². The van der Waals surface area contributed by atoms with Gasteiger partial charge in [-0.25, -0.2) is 4.98 Å². The first-order valence-electron chi connectivity index (χ1n) is 7.04. The Kier molecular flexibility index (Phi) is 4.58. The van der Waals surface area contributed by atoms with Gasteiger partial charge in [-0.2, -0.15) is 0 Å². The van der Waals surface area contributed by atoms with Crippen LogP contribution in [0.3, 0.4) is 0 Å². The van der Waals surface area contributed by atoms with Crippen LogP contribution in [0.25, 0.3) is 0 Å². The average molecular weight is 265 g/mol. The van der Waals surface area contributed by atoms with Gasteiger partial charge in [-0.05, 0) is 31.7 Å². The van der Waals surface area contributed by atoms with Crippen molar-refractivity contribution in [2.24, 2.45) is 17.6 Å². The van der Waals surface area contributed by atoms with Gasteiger partial charge >= 0.3 is 5.56 Å². The van der Waals surface area contributed by atoms with Gasteiger partial charge in [0.05, 0.1) is 0 Å². The lowest BCUT2D eigenvalue weighted by Gasteiger charge is -2.19. The number of aromatic nitrogens is 2. The van der Waals surface area contributed by atoms with E-state index in [1.54, 1.807) is 17.0 Å². The molecule has 1 aliphatic rings. The van der Waals surface area contributed by atoms with E-state index in [2.05, 4.69) is 18.8 Å². The van der Waals surface area contributed by atoms with Crippen molar-refractivity contribution in [3.63, 3.8) is 0 Å². The lowest BCUT2D eigenvalue weighted by molar-refractivity contribution is 0.151. The molecule has 2 atom stereocenters. The lowest BCUT2D eigenvalue weighted by Crippen LogP contribution is -2.32. The molecule has 1 saturated carbocycles. The SMILES string of the molecule is CC(C)Cn1ccnc(OC2CCCC2CN)c1=O. The van der Waals surface area contributed by atoms with Gasteiger partial charge in [0, 0.05) is 24.9 Å². The molecule has 1 heterocycles. The van der Waals surface area contributed by atoms with Crippen molar-refractivity contribution < 1.29 is 4.74 Å². The quantitative estimate of drug-likeness (QED) is 0.873. The zero-order chi connectivity index (χ0) is 13.8. The van der Waals surface area contributed by atoms with Gasteiger partial charge in [0.25, 0.3) is 5.88 Å². The number of hydrogen-bond acceptors (Lipinski definition) is 4. The molecular weight excluding hydrogens is 242 g/mol. The molecule has 19 heavy (non-hydrogen) atoms. The van der Waals surface area contributed by atoms with E-state index in [4.69, 9.17) is 10.5 Å². The molecule has 106 valence electrons. The summed E-state index contributed by atoms with van der Waals surface area (Å²) in [5, 5.41) is 0. The predicted octanol–water partition coefficient (Wildman–Crippen LogP) is 1.41. The third-order valence-corrected chi connectivity index (χ3v) is 3.60. The first-order chi connectivity index (χ1) is 9.11. The molecule has 0 aromatic carbocycles. The van der Waals surface area contributed by atoms with Crippen LogP contribution in [0.15, 0.2) is 17.2 Å². The van der Waals surface area contributed by atoms with Gasteiger partial charge in [0.2, 0.25) is 0 Å². The molecular formula is C14H23N3O2. The lowest BCUT2D eigenvalue weighted by atomic mass is 10.1. The summed E-state index contributed by atoms with van der Waals surface area (Å²) in [7, 11) is 0. The van der Waals surface area contributed by atoms with E-state index in [0.29, 0.717) is 24.9 Å². The molecule has 1 aromatic heterocycles. The van der Waals surface area contributed by atoms with Crippen LogP contribution in [0, 0.1) is 11.8 Å². The fraction of sp³-hybridized carbons (Fsp3) is 0.714. The molecule has 2 N–H and O–H groups in total. The van der Waals surface area contributed by atoms with E-state index in [9.17, 15) is 4.79 Å².